The molecule has 0 radical (unpaired) electrons. The Morgan fingerprint density at radius 2 is 1.79 bits per heavy atom. The highest BCUT2D eigenvalue weighted by atomic mass is 32.1. The van der Waals surface area contributed by atoms with Crippen molar-refractivity contribution in [3.05, 3.63) is 71.5 Å². The van der Waals surface area contributed by atoms with Crippen LogP contribution < -0.4 is 10.6 Å². The van der Waals surface area contributed by atoms with E-state index in [4.69, 9.17) is 20.4 Å². The first-order valence-electron chi connectivity index (χ1n) is 9.65. The third kappa shape index (κ3) is 3.48. The highest BCUT2D eigenvalue weighted by Crippen LogP contribution is 2.38. The van der Waals surface area contributed by atoms with Crippen molar-refractivity contribution in [3.8, 4) is 11.1 Å². The molecule has 0 saturated carbocycles. The number of benzene rings is 1. The summed E-state index contributed by atoms with van der Waals surface area (Å²) >= 11 is 1.63. The Kier molecular flexibility index (Phi) is 4.93. The fourth-order valence-corrected chi connectivity index (χ4v) is 4.57. The van der Waals surface area contributed by atoms with Gasteiger partial charge >= 0.3 is 0 Å². The molecule has 1 saturated heterocycles. The molecule has 1 atom stereocenters. The predicted molar refractivity (Wildman–Crippen MR) is 116 cm³/mol. The third-order valence-electron chi connectivity index (χ3n) is 5.13. The summed E-state index contributed by atoms with van der Waals surface area (Å²) < 4.78 is 5.49. The summed E-state index contributed by atoms with van der Waals surface area (Å²) in [6.07, 6.45) is 1.77. The summed E-state index contributed by atoms with van der Waals surface area (Å²) in [4.78, 5) is 17.4. The zero-order valence-electron chi connectivity index (χ0n) is 15.9. The average molecular weight is 404 g/mol. The molecule has 29 heavy (non-hydrogen) atoms. The highest BCUT2D eigenvalue weighted by Gasteiger charge is 2.24. The minimum absolute atomic E-state index is 0.432. The van der Waals surface area contributed by atoms with Gasteiger partial charge in [-0.1, -0.05) is 36.4 Å². The van der Waals surface area contributed by atoms with Crippen molar-refractivity contribution in [1.29, 1.82) is 0 Å². The number of nitrogens with two attached hydrogens (primary N) is 1. The van der Waals surface area contributed by atoms with Crippen LogP contribution in [0.5, 0.6) is 0 Å². The number of ether oxygens (including phenoxy) is 1. The molecule has 7 heteroatoms. The smallest absolute Gasteiger partial charge is 0.227 e. The fraction of sp³-hybridized carbons (Fsp3) is 0.227. The standard InChI is InChI=1S/C22H21N5OS/c23-19(17-8-4-5-9-24-17)20-18-16(15-6-2-1-3-7-15)14-29-21(18)26-22(25-20)27-10-12-28-13-11-27/h1-9,14,19H,10-13,23H2. The Morgan fingerprint density at radius 1 is 1.00 bits per heavy atom. The molecule has 3 aromatic heterocycles. The van der Waals surface area contributed by atoms with E-state index < -0.39 is 6.04 Å². The van der Waals surface area contributed by atoms with E-state index in [0.29, 0.717) is 19.2 Å². The Bertz CT molecular complexity index is 1110. The molecule has 6 nitrogen and oxygen atoms in total. The van der Waals surface area contributed by atoms with Crippen LogP contribution in [0, 0.1) is 0 Å². The molecule has 0 spiro atoms. The van der Waals surface area contributed by atoms with E-state index in [-0.39, 0.29) is 0 Å². The lowest BCUT2D eigenvalue weighted by Gasteiger charge is -2.27. The van der Waals surface area contributed by atoms with Crippen LogP contribution in [0.3, 0.4) is 0 Å². The number of fused-ring (bicyclic) bond motifs is 1. The summed E-state index contributed by atoms with van der Waals surface area (Å²) in [6.45, 7) is 2.92. The first kappa shape index (κ1) is 18.2. The van der Waals surface area contributed by atoms with Crippen LogP contribution in [0.2, 0.25) is 0 Å². The van der Waals surface area contributed by atoms with E-state index in [1.165, 1.54) is 0 Å². The lowest BCUT2D eigenvalue weighted by atomic mass is 10.0. The minimum atomic E-state index is -0.432. The second-order valence-electron chi connectivity index (χ2n) is 6.94. The van der Waals surface area contributed by atoms with Gasteiger partial charge < -0.3 is 15.4 Å². The molecule has 1 unspecified atom stereocenters. The number of morpholine rings is 1. The molecule has 1 fully saturated rings. The zero-order valence-corrected chi connectivity index (χ0v) is 16.7. The Labute approximate surface area is 173 Å². The summed E-state index contributed by atoms with van der Waals surface area (Å²) in [6, 6.07) is 15.7. The second kappa shape index (κ2) is 7.87. The number of hydrogen-bond acceptors (Lipinski definition) is 7. The minimum Gasteiger partial charge on any atom is -0.378 e. The molecule has 4 aromatic rings. The maximum absolute atomic E-state index is 6.70. The van der Waals surface area contributed by atoms with Crippen molar-refractivity contribution in [2.75, 3.05) is 31.2 Å². The molecule has 2 N–H and O–H groups in total. The SMILES string of the molecule is NC(c1ccccn1)c1nc(N2CCOCC2)nc2scc(-c3ccccc3)c12. The van der Waals surface area contributed by atoms with Crippen LogP contribution in [0.4, 0.5) is 5.95 Å². The molecule has 0 aliphatic carbocycles. The summed E-state index contributed by atoms with van der Waals surface area (Å²) in [5, 5.41) is 3.16. The molecular formula is C22H21N5OS. The number of rotatable bonds is 4. The number of anilines is 1. The van der Waals surface area contributed by atoms with Gasteiger partial charge in [0.15, 0.2) is 0 Å². The number of nitrogens with zero attached hydrogens (tertiary/aromatic N) is 4. The van der Waals surface area contributed by atoms with Crippen LogP contribution in [-0.4, -0.2) is 41.3 Å². The maximum Gasteiger partial charge on any atom is 0.227 e. The number of hydrogen-bond donors (Lipinski definition) is 1. The van der Waals surface area contributed by atoms with Gasteiger partial charge in [-0.2, -0.15) is 0 Å². The zero-order chi connectivity index (χ0) is 19.6. The van der Waals surface area contributed by atoms with E-state index in [1.54, 1.807) is 17.5 Å². The lowest BCUT2D eigenvalue weighted by Crippen LogP contribution is -2.37. The summed E-state index contributed by atoms with van der Waals surface area (Å²) in [5.41, 5.74) is 10.6. The summed E-state index contributed by atoms with van der Waals surface area (Å²) in [5.74, 6) is 0.712. The molecule has 1 aliphatic heterocycles. The average Bonchev–Trinajstić information content (AvgIpc) is 3.24. The Morgan fingerprint density at radius 3 is 2.55 bits per heavy atom. The first-order chi connectivity index (χ1) is 14.3. The Hall–Kier alpha value is -2.87. The fourth-order valence-electron chi connectivity index (χ4n) is 3.62. The van der Waals surface area contributed by atoms with E-state index in [9.17, 15) is 0 Å². The second-order valence-corrected chi connectivity index (χ2v) is 7.79. The van der Waals surface area contributed by atoms with Crippen LogP contribution in [0.25, 0.3) is 21.3 Å². The van der Waals surface area contributed by atoms with Gasteiger partial charge in [-0.15, -0.1) is 11.3 Å². The van der Waals surface area contributed by atoms with Crippen LogP contribution in [0.1, 0.15) is 17.4 Å². The topological polar surface area (TPSA) is 77.2 Å². The van der Waals surface area contributed by atoms with E-state index >= 15 is 0 Å². The molecule has 0 bridgehead atoms. The van der Waals surface area contributed by atoms with Crippen LogP contribution in [-0.2, 0) is 4.74 Å². The van der Waals surface area contributed by atoms with E-state index in [2.05, 4.69) is 27.4 Å². The largest absolute Gasteiger partial charge is 0.378 e. The van der Waals surface area contributed by atoms with Gasteiger partial charge in [0.05, 0.1) is 30.6 Å². The molecule has 5 rings (SSSR count). The normalized spacial score (nSPS) is 15.6. The quantitative estimate of drug-likeness (QED) is 0.561. The molecular weight excluding hydrogens is 382 g/mol. The van der Waals surface area contributed by atoms with Crippen molar-refractivity contribution in [1.82, 2.24) is 15.0 Å². The van der Waals surface area contributed by atoms with Gasteiger partial charge in [0.2, 0.25) is 5.95 Å². The predicted octanol–water partition coefficient (Wildman–Crippen LogP) is 3.64. The number of aromatic nitrogens is 3. The lowest BCUT2D eigenvalue weighted by molar-refractivity contribution is 0.122. The van der Waals surface area contributed by atoms with Crippen molar-refractivity contribution in [2.24, 2.45) is 5.73 Å². The van der Waals surface area contributed by atoms with Crippen molar-refractivity contribution >= 4 is 27.5 Å². The number of thiophene rings is 1. The first-order valence-corrected chi connectivity index (χ1v) is 10.5. The van der Waals surface area contributed by atoms with E-state index in [1.807, 2.05) is 36.4 Å². The van der Waals surface area contributed by atoms with Crippen molar-refractivity contribution in [2.45, 2.75) is 6.04 Å². The molecule has 146 valence electrons. The maximum atomic E-state index is 6.70. The van der Waals surface area contributed by atoms with Crippen molar-refractivity contribution < 1.29 is 4.74 Å². The van der Waals surface area contributed by atoms with Gasteiger partial charge in [-0.25, -0.2) is 9.97 Å². The van der Waals surface area contributed by atoms with Gasteiger partial charge in [0.25, 0.3) is 0 Å². The van der Waals surface area contributed by atoms with Gasteiger partial charge in [0, 0.05) is 35.6 Å². The molecule has 1 aromatic carbocycles. The van der Waals surface area contributed by atoms with Gasteiger partial charge in [-0.05, 0) is 17.7 Å². The molecule has 4 heterocycles. The third-order valence-corrected chi connectivity index (χ3v) is 6.00. The van der Waals surface area contributed by atoms with Crippen molar-refractivity contribution in [3.63, 3.8) is 0 Å². The molecule has 0 amide bonds. The van der Waals surface area contributed by atoms with E-state index in [0.717, 1.165) is 45.8 Å². The molecule has 1 aliphatic rings. The van der Waals surface area contributed by atoms with Gasteiger partial charge in [0.1, 0.15) is 4.83 Å². The highest BCUT2D eigenvalue weighted by molar-refractivity contribution is 7.17. The summed E-state index contributed by atoms with van der Waals surface area (Å²) in [7, 11) is 0. The van der Waals surface area contributed by atoms with Gasteiger partial charge in [-0.3, -0.25) is 4.98 Å². The van der Waals surface area contributed by atoms with Crippen LogP contribution in [0.15, 0.2) is 60.1 Å². The number of pyridine rings is 1. The van der Waals surface area contributed by atoms with Crippen LogP contribution >= 0.6 is 11.3 Å². The Balaban J connectivity index is 1.70. The monoisotopic (exact) mass is 403 g/mol.